The molecule has 1 atom stereocenters. The van der Waals surface area contributed by atoms with Crippen molar-refractivity contribution in [2.24, 2.45) is 0 Å². The number of carbonyl (C=O) groups is 3. The van der Waals surface area contributed by atoms with Gasteiger partial charge in [-0.1, -0.05) is 217 Å². The second-order valence-corrected chi connectivity index (χ2v) is 16.8. The van der Waals surface area contributed by atoms with Crippen molar-refractivity contribution in [1.82, 2.24) is 0 Å². The van der Waals surface area contributed by atoms with E-state index in [1.54, 1.807) is 0 Å². The Bertz CT molecular complexity index is 1040. The molecule has 0 bridgehead atoms. The van der Waals surface area contributed by atoms with Crippen LogP contribution >= 0.6 is 0 Å². The Morgan fingerprint density at radius 1 is 0.356 bits per heavy atom. The van der Waals surface area contributed by atoms with E-state index in [2.05, 4.69) is 69.4 Å². The molecule has 0 rings (SSSR count). The molecule has 0 aliphatic heterocycles. The summed E-state index contributed by atoms with van der Waals surface area (Å²) in [6, 6.07) is 0. The molecule has 0 radical (unpaired) electrons. The number of unbranched alkanes of at least 4 members (excludes halogenated alkanes) is 28. The summed E-state index contributed by atoms with van der Waals surface area (Å²) in [6.45, 7) is 6.48. The molecule has 0 saturated carbocycles. The maximum absolute atomic E-state index is 12.8. The predicted octanol–water partition coefficient (Wildman–Crippen LogP) is 16.3. The largest absolute Gasteiger partial charge is 0.462 e. The standard InChI is InChI=1S/C53H94O6/c1-4-7-10-13-16-19-22-24-26-28-31-34-37-40-43-46-52(55)58-49-50(48-57-51(54)45-42-39-36-33-30-21-18-15-12-9-6-3)59-53(56)47-44-41-38-35-32-29-27-25-23-20-17-14-11-8-5-2/h7,10,13,16,19-20,22-23,50H,4-6,8-9,11-12,14-15,17-18,21,24-49H2,1-3H3/b10-7-,16-13-,22-19-,23-20-. The summed E-state index contributed by atoms with van der Waals surface area (Å²) >= 11 is 0. The van der Waals surface area contributed by atoms with E-state index in [1.807, 2.05) is 0 Å². The lowest BCUT2D eigenvalue weighted by molar-refractivity contribution is -0.167. The average molecular weight is 827 g/mol. The molecular weight excluding hydrogens is 733 g/mol. The lowest BCUT2D eigenvalue weighted by atomic mass is 10.1. The average Bonchev–Trinajstić information content (AvgIpc) is 3.23. The number of esters is 3. The zero-order valence-electron chi connectivity index (χ0n) is 39.0. The lowest BCUT2D eigenvalue weighted by Gasteiger charge is -2.18. The quantitative estimate of drug-likeness (QED) is 0.0200. The first kappa shape index (κ1) is 56.4. The van der Waals surface area contributed by atoms with Crippen LogP contribution in [0.1, 0.15) is 252 Å². The van der Waals surface area contributed by atoms with Gasteiger partial charge in [-0.15, -0.1) is 0 Å². The molecule has 6 nitrogen and oxygen atoms in total. The first-order valence-electron chi connectivity index (χ1n) is 25.2. The molecule has 0 saturated heterocycles. The third kappa shape index (κ3) is 46.3. The van der Waals surface area contributed by atoms with Gasteiger partial charge < -0.3 is 14.2 Å². The SMILES string of the molecule is CC\C=C/C=C\C=C/CCCCCCCCCC(=O)OCC(COC(=O)CCCCCCCCCCCCC)OC(=O)CCCCCCCCC/C=C\CCCCCC. The van der Waals surface area contributed by atoms with Crippen molar-refractivity contribution in [3.05, 3.63) is 48.6 Å². The molecule has 0 aliphatic carbocycles. The van der Waals surface area contributed by atoms with E-state index in [1.165, 1.54) is 141 Å². The topological polar surface area (TPSA) is 78.9 Å². The van der Waals surface area contributed by atoms with Crippen LogP contribution in [0.5, 0.6) is 0 Å². The number of ether oxygens (including phenoxy) is 3. The van der Waals surface area contributed by atoms with E-state index in [9.17, 15) is 14.4 Å². The maximum atomic E-state index is 12.8. The fraction of sp³-hybridized carbons (Fsp3) is 0.792. The smallest absolute Gasteiger partial charge is 0.306 e. The summed E-state index contributed by atoms with van der Waals surface area (Å²) < 4.78 is 16.8. The second kappa shape index (κ2) is 48.0. The molecule has 0 aromatic carbocycles. The summed E-state index contributed by atoms with van der Waals surface area (Å²) in [5.74, 6) is -0.889. The molecule has 1 unspecified atom stereocenters. The van der Waals surface area contributed by atoms with Crippen LogP contribution in [0.15, 0.2) is 48.6 Å². The van der Waals surface area contributed by atoms with Gasteiger partial charge in [0.2, 0.25) is 0 Å². The highest BCUT2D eigenvalue weighted by Crippen LogP contribution is 2.15. The van der Waals surface area contributed by atoms with E-state index in [0.717, 1.165) is 70.6 Å². The number of hydrogen-bond acceptors (Lipinski definition) is 6. The Balaban J connectivity index is 4.37. The van der Waals surface area contributed by atoms with Gasteiger partial charge in [-0.2, -0.15) is 0 Å². The van der Waals surface area contributed by atoms with E-state index >= 15 is 0 Å². The first-order valence-corrected chi connectivity index (χ1v) is 25.2. The molecule has 6 heteroatoms. The van der Waals surface area contributed by atoms with Crippen LogP contribution < -0.4 is 0 Å². The molecule has 0 N–H and O–H groups in total. The molecular formula is C53H94O6. The summed E-state index contributed by atoms with van der Waals surface area (Å²) in [6.07, 6.45) is 56.6. The highest BCUT2D eigenvalue weighted by Gasteiger charge is 2.19. The number of hydrogen-bond donors (Lipinski definition) is 0. The van der Waals surface area contributed by atoms with Gasteiger partial charge >= 0.3 is 17.9 Å². The highest BCUT2D eigenvalue weighted by atomic mass is 16.6. The molecule has 0 fully saturated rings. The van der Waals surface area contributed by atoms with Crippen molar-refractivity contribution in [2.45, 2.75) is 258 Å². The minimum Gasteiger partial charge on any atom is -0.462 e. The summed E-state index contributed by atoms with van der Waals surface area (Å²) in [4.78, 5) is 37.9. The van der Waals surface area contributed by atoms with Crippen LogP contribution in [0, 0.1) is 0 Å². The molecule has 0 aromatic heterocycles. The van der Waals surface area contributed by atoms with Crippen molar-refractivity contribution in [3.8, 4) is 0 Å². The van der Waals surface area contributed by atoms with Crippen molar-refractivity contribution >= 4 is 17.9 Å². The van der Waals surface area contributed by atoms with Crippen LogP contribution in [-0.4, -0.2) is 37.2 Å². The van der Waals surface area contributed by atoms with Gasteiger partial charge in [-0.3, -0.25) is 14.4 Å². The van der Waals surface area contributed by atoms with E-state index in [0.29, 0.717) is 19.3 Å². The Morgan fingerprint density at radius 3 is 1.08 bits per heavy atom. The van der Waals surface area contributed by atoms with Gasteiger partial charge in [0.15, 0.2) is 6.10 Å². The number of carbonyl (C=O) groups excluding carboxylic acids is 3. The Kier molecular flexibility index (Phi) is 45.9. The monoisotopic (exact) mass is 827 g/mol. The van der Waals surface area contributed by atoms with Gasteiger partial charge in [0.05, 0.1) is 0 Å². The number of rotatable bonds is 45. The second-order valence-electron chi connectivity index (χ2n) is 16.8. The minimum atomic E-state index is -0.776. The van der Waals surface area contributed by atoms with Gasteiger partial charge in [0, 0.05) is 19.3 Å². The fourth-order valence-corrected chi connectivity index (χ4v) is 7.08. The zero-order valence-corrected chi connectivity index (χ0v) is 39.0. The van der Waals surface area contributed by atoms with Gasteiger partial charge in [0.1, 0.15) is 13.2 Å². The Hall–Kier alpha value is -2.63. The minimum absolute atomic E-state index is 0.0767. The highest BCUT2D eigenvalue weighted by molar-refractivity contribution is 5.71. The lowest BCUT2D eigenvalue weighted by Crippen LogP contribution is -2.30. The molecule has 0 heterocycles. The molecule has 0 amide bonds. The molecule has 59 heavy (non-hydrogen) atoms. The van der Waals surface area contributed by atoms with E-state index < -0.39 is 6.10 Å². The fourth-order valence-electron chi connectivity index (χ4n) is 7.08. The first-order chi connectivity index (χ1) is 29.0. The van der Waals surface area contributed by atoms with Crippen molar-refractivity contribution in [3.63, 3.8) is 0 Å². The van der Waals surface area contributed by atoms with Gasteiger partial charge in [-0.05, 0) is 64.2 Å². The summed E-state index contributed by atoms with van der Waals surface area (Å²) in [5.41, 5.74) is 0. The van der Waals surface area contributed by atoms with Crippen LogP contribution in [-0.2, 0) is 28.6 Å². The Labute approximate surface area is 365 Å². The predicted molar refractivity (Wildman–Crippen MR) is 252 cm³/mol. The van der Waals surface area contributed by atoms with Gasteiger partial charge in [-0.25, -0.2) is 0 Å². The summed E-state index contributed by atoms with van der Waals surface area (Å²) in [5, 5.41) is 0. The third-order valence-corrected chi connectivity index (χ3v) is 10.9. The van der Waals surface area contributed by atoms with Crippen LogP contribution in [0.2, 0.25) is 0 Å². The third-order valence-electron chi connectivity index (χ3n) is 10.9. The van der Waals surface area contributed by atoms with E-state index in [-0.39, 0.29) is 31.1 Å². The molecule has 0 aliphatic rings. The summed E-state index contributed by atoms with van der Waals surface area (Å²) in [7, 11) is 0. The van der Waals surface area contributed by atoms with Crippen LogP contribution in [0.3, 0.4) is 0 Å². The Morgan fingerprint density at radius 2 is 0.678 bits per heavy atom. The normalized spacial score (nSPS) is 12.4. The van der Waals surface area contributed by atoms with E-state index in [4.69, 9.17) is 14.2 Å². The molecule has 342 valence electrons. The van der Waals surface area contributed by atoms with Crippen molar-refractivity contribution < 1.29 is 28.6 Å². The molecule has 0 aromatic rings. The van der Waals surface area contributed by atoms with Crippen molar-refractivity contribution in [2.75, 3.05) is 13.2 Å². The van der Waals surface area contributed by atoms with Crippen molar-refractivity contribution in [1.29, 1.82) is 0 Å². The van der Waals surface area contributed by atoms with Crippen LogP contribution in [0.4, 0.5) is 0 Å². The molecule has 0 spiro atoms. The zero-order chi connectivity index (χ0) is 43.0. The van der Waals surface area contributed by atoms with Crippen LogP contribution in [0.25, 0.3) is 0 Å². The maximum Gasteiger partial charge on any atom is 0.306 e. The number of allylic oxidation sites excluding steroid dienone is 8. The van der Waals surface area contributed by atoms with Gasteiger partial charge in [0.25, 0.3) is 0 Å².